The summed E-state index contributed by atoms with van der Waals surface area (Å²) in [4.78, 5) is 11.4. The first kappa shape index (κ1) is 19.8. The van der Waals surface area contributed by atoms with Gasteiger partial charge in [0.2, 0.25) is 0 Å². The Labute approximate surface area is 156 Å². The topological polar surface area (TPSA) is 35.5 Å². The molecule has 1 aromatic carbocycles. The Kier molecular flexibility index (Phi) is 5.88. The standard InChI is InChI=1S/C21H29ClO3/c1-12(2)18(22)9-11-21(7)10-8-17-15(5)19(24-16(6)23)13(3)14(4)20(17)25-21/h18H,1,8-11H2,2-7H3. The molecule has 0 aliphatic carbocycles. The van der Waals surface area contributed by atoms with E-state index in [0.29, 0.717) is 5.75 Å². The van der Waals surface area contributed by atoms with Crippen molar-refractivity contribution in [3.05, 3.63) is 34.4 Å². The molecule has 1 aliphatic heterocycles. The van der Waals surface area contributed by atoms with Crippen LogP contribution in [0, 0.1) is 20.8 Å². The smallest absolute Gasteiger partial charge is 0.308 e. The van der Waals surface area contributed by atoms with E-state index in [4.69, 9.17) is 21.1 Å². The fourth-order valence-corrected chi connectivity index (χ4v) is 3.54. The van der Waals surface area contributed by atoms with Crippen LogP contribution in [0.5, 0.6) is 11.5 Å². The quantitative estimate of drug-likeness (QED) is 0.296. The molecule has 0 saturated heterocycles. The summed E-state index contributed by atoms with van der Waals surface area (Å²) in [6.45, 7) is 15.5. The van der Waals surface area contributed by atoms with Gasteiger partial charge >= 0.3 is 5.97 Å². The molecule has 0 spiro atoms. The third-order valence-corrected chi connectivity index (χ3v) is 5.86. The molecule has 0 radical (unpaired) electrons. The van der Waals surface area contributed by atoms with Gasteiger partial charge in [-0.25, -0.2) is 0 Å². The van der Waals surface area contributed by atoms with Gasteiger partial charge in [-0.3, -0.25) is 4.79 Å². The van der Waals surface area contributed by atoms with Crippen LogP contribution in [-0.2, 0) is 11.2 Å². The van der Waals surface area contributed by atoms with E-state index in [1.165, 1.54) is 6.92 Å². The summed E-state index contributed by atoms with van der Waals surface area (Å²) in [7, 11) is 0. The lowest BCUT2D eigenvalue weighted by Crippen LogP contribution is -2.37. The first-order chi connectivity index (χ1) is 11.6. The summed E-state index contributed by atoms with van der Waals surface area (Å²) in [6, 6.07) is 0. The Morgan fingerprint density at radius 3 is 2.48 bits per heavy atom. The molecule has 2 atom stereocenters. The maximum Gasteiger partial charge on any atom is 0.308 e. The molecule has 0 N–H and O–H groups in total. The summed E-state index contributed by atoms with van der Waals surface area (Å²) in [6.07, 6.45) is 3.57. The zero-order valence-corrected chi connectivity index (χ0v) is 17.0. The number of hydrogen-bond donors (Lipinski definition) is 0. The van der Waals surface area contributed by atoms with Gasteiger partial charge in [0.15, 0.2) is 0 Å². The number of carbonyl (C=O) groups excluding carboxylic acids is 1. The van der Waals surface area contributed by atoms with Crippen molar-refractivity contribution >= 4 is 17.6 Å². The molecule has 138 valence electrons. The van der Waals surface area contributed by atoms with Crippen molar-refractivity contribution in [2.45, 2.75) is 78.2 Å². The monoisotopic (exact) mass is 364 g/mol. The van der Waals surface area contributed by atoms with E-state index >= 15 is 0 Å². The van der Waals surface area contributed by atoms with E-state index in [2.05, 4.69) is 13.5 Å². The van der Waals surface area contributed by atoms with Crippen LogP contribution >= 0.6 is 11.6 Å². The third kappa shape index (κ3) is 4.20. The van der Waals surface area contributed by atoms with Crippen molar-refractivity contribution in [1.29, 1.82) is 0 Å². The zero-order valence-electron chi connectivity index (χ0n) is 16.2. The van der Waals surface area contributed by atoms with Crippen LogP contribution in [0.1, 0.15) is 62.3 Å². The van der Waals surface area contributed by atoms with Crippen molar-refractivity contribution in [3.8, 4) is 11.5 Å². The van der Waals surface area contributed by atoms with Gasteiger partial charge in [-0.15, -0.1) is 11.6 Å². The highest BCUT2D eigenvalue weighted by molar-refractivity contribution is 6.22. The maximum absolute atomic E-state index is 11.4. The minimum atomic E-state index is -0.292. The number of fused-ring (bicyclic) bond motifs is 1. The highest BCUT2D eigenvalue weighted by Crippen LogP contribution is 2.45. The number of ether oxygens (including phenoxy) is 2. The summed E-state index contributed by atoms with van der Waals surface area (Å²) in [5.74, 6) is 1.33. The van der Waals surface area contributed by atoms with Crippen molar-refractivity contribution in [2.75, 3.05) is 0 Å². The molecule has 1 aliphatic rings. The second-order valence-electron chi connectivity index (χ2n) is 7.51. The summed E-state index contributed by atoms with van der Waals surface area (Å²) < 4.78 is 11.9. The molecule has 0 amide bonds. The Balaban J connectivity index is 2.31. The highest BCUT2D eigenvalue weighted by Gasteiger charge is 2.35. The average Bonchev–Trinajstić information content (AvgIpc) is 2.54. The Morgan fingerprint density at radius 2 is 1.92 bits per heavy atom. The van der Waals surface area contributed by atoms with E-state index in [1.54, 1.807) is 0 Å². The van der Waals surface area contributed by atoms with E-state index in [0.717, 1.165) is 59.3 Å². The Hall–Kier alpha value is -1.48. The van der Waals surface area contributed by atoms with Crippen molar-refractivity contribution < 1.29 is 14.3 Å². The van der Waals surface area contributed by atoms with Gasteiger partial charge in [0.05, 0.1) is 5.38 Å². The van der Waals surface area contributed by atoms with Gasteiger partial charge < -0.3 is 9.47 Å². The van der Waals surface area contributed by atoms with Crippen molar-refractivity contribution in [1.82, 2.24) is 0 Å². The van der Waals surface area contributed by atoms with Gasteiger partial charge in [-0.05, 0) is 77.0 Å². The minimum Gasteiger partial charge on any atom is -0.487 e. The number of benzene rings is 1. The Morgan fingerprint density at radius 1 is 1.28 bits per heavy atom. The normalized spacial score (nSPS) is 20.4. The zero-order chi connectivity index (χ0) is 18.9. The van der Waals surface area contributed by atoms with Crippen LogP contribution in [0.4, 0.5) is 0 Å². The second kappa shape index (κ2) is 7.41. The molecule has 1 heterocycles. The third-order valence-electron chi connectivity index (χ3n) is 5.27. The van der Waals surface area contributed by atoms with Crippen molar-refractivity contribution in [3.63, 3.8) is 0 Å². The predicted octanol–water partition coefficient (Wildman–Crippen LogP) is 5.58. The van der Waals surface area contributed by atoms with Gasteiger partial charge in [0.25, 0.3) is 0 Å². The van der Waals surface area contributed by atoms with Crippen LogP contribution in [0.25, 0.3) is 0 Å². The van der Waals surface area contributed by atoms with Gasteiger partial charge in [0, 0.05) is 12.5 Å². The van der Waals surface area contributed by atoms with Crippen LogP contribution in [-0.4, -0.2) is 16.9 Å². The Bertz CT molecular complexity index is 708. The number of esters is 1. The molecule has 4 heteroatoms. The average molecular weight is 365 g/mol. The number of halogens is 1. The molecule has 1 aromatic rings. The molecular weight excluding hydrogens is 336 g/mol. The fraction of sp³-hybridized carbons (Fsp3) is 0.571. The van der Waals surface area contributed by atoms with Gasteiger partial charge in [0.1, 0.15) is 17.1 Å². The largest absolute Gasteiger partial charge is 0.487 e. The number of allylic oxidation sites excluding steroid dienone is 1. The van der Waals surface area contributed by atoms with Crippen LogP contribution in [0.3, 0.4) is 0 Å². The second-order valence-corrected chi connectivity index (χ2v) is 8.04. The van der Waals surface area contributed by atoms with E-state index in [-0.39, 0.29) is 16.9 Å². The minimum absolute atomic E-state index is 0.0160. The summed E-state index contributed by atoms with van der Waals surface area (Å²) in [5.41, 5.74) is 4.93. The molecule has 0 fully saturated rings. The number of carbonyl (C=O) groups is 1. The highest BCUT2D eigenvalue weighted by atomic mass is 35.5. The van der Waals surface area contributed by atoms with Gasteiger partial charge in [-0.1, -0.05) is 12.2 Å². The number of hydrogen-bond acceptors (Lipinski definition) is 3. The van der Waals surface area contributed by atoms with E-state index < -0.39 is 0 Å². The van der Waals surface area contributed by atoms with E-state index in [1.807, 2.05) is 27.7 Å². The summed E-state index contributed by atoms with van der Waals surface area (Å²) in [5, 5.41) is -0.0160. The van der Waals surface area contributed by atoms with Crippen molar-refractivity contribution in [2.24, 2.45) is 0 Å². The summed E-state index contributed by atoms with van der Waals surface area (Å²) >= 11 is 6.34. The van der Waals surface area contributed by atoms with Crippen LogP contribution < -0.4 is 9.47 Å². The molecular formula is C21H29ClO3. The maximum atomic E-state index is 11.4. The van der Waals surface area contributed by atoms with Gasteiger partial charge in [-0.2, -0.15) is 0 Å². The first-order valence-electron chi connectivity index (χ1n) is 8.85. The number of alkyl halides is 1. The lowest BCUT2D eigenvalue weighted by Gasteiger charge is -2.38. The van der Waals surface area contributed by atoms with Crippen LogP contribution in [0.15, 0.2) is 12.2 Å². The predicted molar refractivity (Wildman–Crippen MR) is 103 cm³/mol. The SMILES string of the molecule is C=C(C)C(Cl)CCC1(C)CCc2c(C)c(OC(C)=O)c(C)c(C)c2O1. The molecule has 3 nitrogen and oxygen atoms in total. The lowest BCUT2D eigenvalue weighted by molar-refractivity contribution is -0.132. The fourth-order valence-electron chi connectivity index (χ4n) is 3.43. The molecule has 0 aromatic heterocycles. The molecule has 2 unspecified atom stereocenters. The molecule has 0 bridgehead atoms. The first-order valence-corrected chi connectivity index (χ1v) is 9.29. The van der Waals surface area contributed by atoms with E-state index in [9.17, 15) is 4.79 Å². The molecule has 2 rings (SSSR count). The lowest BCUT2D eigenvalue weighted by atomic mass is 9.84. The molecule has 0 saturated carbocycles. The molecule has 25 heavy (non-hydrogen) atoms. The number of rotatable bonds is 5. The van der Waals surface area contributed by atoms with Crippen LogP contribution in [0.2, 0.25) is 0 Å².